The van der Waals surface area contributed by atoms with E-state index in [9.17, 15) is 9.59 Å². The number of thioether (sulfide) groups is 1. The molecule has 0 fully saturated rings. The van der Waals surface area contributed by atoms with Crippen LogP contribution in [-0.2, 0) is 9.59 Å². The molecule has 7 heteroatoms. The van der Waals surface area contributed by atoms with Gasteiger partial charge in [0, 0.05) is 49.6 Å². The third-order valence-corrected chi connectivity index (χ3v) is 9.67. The number of rotatable bonds is 9. The van der Waals surface area contributed by atoms with Gasteiger partial charge in [-0.15, -0.1) is 0 Å². The summed E-state index contributed by atoms with van der Waals surface area (Å²) in [5.74, 6) is -0.717. The van der Waals surface area contributed by atoms with Crippen molar-refractivity contribution in [2.75, 3.05) is 32.4 Å². The first kappa shape index (κ1) is 31.3. The largest absolute Gasteiger partial charge is 0.375 e. The number of benzene rings is 1. The predicted molar refractivity (Wildman–Crippen MR) is 169 cm³/mol. The normalized spacial score (nSPS) is 30.3. The first-order valence-corrected chi connectivity index (χ1v) is 16.1. The number of allylic oxidation sites excluding steroid dienone is 4. The molecule has 0 spiro atoms. The molecule has 4 unspecified atom stereocenters. The standard InChI is InChI=1S/C34H46FN3O2S/c1-7-14-38(6)31-28-20-34(5)19-25-12-9-8-11-24(25)18-30(34)37-21-26(17-29(31)35)32(39)27(16-23(28)4)33(40)36-13-10-15-41-22(2)3/h8-9,11-12,16-19,22-23,28,30,37H,7,10,13-15,20-21H2,1-6H3,(H,36,40)/b26-17+,27-16+,31-29-. The lowest BCUT2D eigenvalue weighted by Crippen LogP contribution is -2.50. The van der Waals surface area contributed by atoms with Crippen molar-refractivity contribution in [2.24, 2.45) is 17.3 Å². The van der Waals surface area contributed by atoms with Crippen LogP contribution in [0.2, 0.25) is 0 Å². The lowest BCUT2D eigenvalue weighted by Gasteiger charge is -2.42. The van der Waals surface area contributed by atoms with Gasteiger partial charge in [0.1, 0.15) is 5.83 Å². The molecule has 4 rings (SSSR count). The third-order valence-electron chi connectivity index (χ3n) is 8.48. The zero-order valence-corrected chi connectivity index (χ0v) is 26.2. The van der Waals surface area contributed by atoms with Gasteiger partial charge in [0.15, 0.2) is 5.78 Å². The van der Waals surface area contributed by atoms with Crippen LogP contribution in [0, 0.1) is 17.3 Å². The second-order valence-corrected chi connectivity index (χ2v) is 13.9. The molecule has 0 aromatic heterocycles. The number of ketones is 1. The van der Waals surface area contributed by atoms with E-state index in [0.29, 0.717) is 30.5 Å². The molecule has 1 aliphatic heterocycles. The van der Waals surface area contributed by atoms with Crippen LogP contribution >= 0.6 is 11.8 Å². The second kappa shape index (κ2) is 13.6. The van der Waals surface area contributed by atoms with Gasteiger partial charge in [0.2, 0.25) is 0 Å². The van der Waals surface area contributed by atoms with Crippen molar-refractivity contribution >= 4 is 35.6 Å². The summed E-state index contributed by atoms with van der Waals surface area (Å²) < 4.78 is 16.3. The van der Waals surface area contributed by atoms with Gasteiger partial charge in [-0.2, -0.15) is 11.8 Å². The molecule has 1 heterocycles. The number of Topliss-reactive ketones (excluding diaryl/α,β-unsaturated/α-hetero) is 1. The Morgan fingerprint density at radius 2 is 1.98 bits per heavy atom. The summed E-state index contributed by atoms with van der Waals surface area (Å²) >= 11 is 1.85. The van der Waals surface area contributed by atoms with E-state index < -0.39 is 5.78 Å². The molecule has 1 aromatic carbocycles. The highest BCUT2D eigenvalue weighted by Crippen LogP contribution is 2.43. The van der Waals surface area contributed by atoms with Crippen LogP contribution in [-0.4, -0.2) is 60.3 Å². The van der Waals surface area contributed by atoms with E-state index in [0.717, 1.165) is 29.0 Å². The molecule has 5 nitrogen and oxygen atoms in total. The van der Waals surface area contributed by atoms with E-state index in [1.54, 1.807) is 0 Å². The first-order valence-electron chi connectivity index (χ1n) is 15.0. The predicted octanol–water partition coefficient (Wildman–Crippen LogP) is 4.49. The summed E-state index contributed by atoms with van der Waals surface area (Å²) in [7, 11) is 1.94. The number of nitrogens with zero attached hydrogens (tertiary/aromatic N) is 1. The van der Waals surface area contributed by atoms with Crippen LogP contribution in [0.1, 0.15) is 53.9 Å². The van der Waals surface area contributed by atoms with Gasteiger partial charge in [-0.25, -0.2) is 4.39 Å². The van der Waals surface area contributed by atoms with Crippen molar-refractivity contribution in [3.05, 3.63) is 69.5 Å². The van der Waals surface area contributed by atoms with E-state index in [4.69, 9.17) is 0 Å². The molecule has 1 amide bonds. The maximum absolute atomic E-state index is 16.3. The second-order valence-electron chi connectivity index (χ2n) is 12.2. The fourth-order valence-corrected chi connectivity index (χ4v) is 7.11. The fourth-order valence-electron chi connectivity index (χ4n) is 6.33. The van der Waals surface area contributed by atoms with Gasteiger partial charge >= 0.3 is 0 Å². The Kier molecular flexibility index (Phi) is 10.3. The summed E-state index contributed by atoms with van der Waals surface area (Å²) in [6.45, 7) is 12.0. The molecular formula is C34H46FN3O2S. The number of carbonyl (C=O) groups excluding carboxylic acids is 2. The molecule has 3 aliphatic rings. The average Bonchev–Trinajstić information content (AvgIpc) is 2.94. The number of amides is 1. The summed E-state index contributed by atoms with van der Waals surface area (Å²) in [4.78, 5) is 29.4. The first-order chi connectivity index (χ1) is 19.5. The molecule has 0 saturated carbocycles. The molecule has 2 bridgehead atoms. The van der Waals surface area contributed by atoms with Crippen LogP contribution in [0.15, 0.2) is 59.1 Å². The quantitative estimate of drug-likeness (QED) is 0.334. The Morgan fingerprint density at radius 3 is 2.68 bits per heavy atom. The van der Waals surface area contributed by atoms with Gasteiger partial charge in [-0.3, -0.25) is 9.59 Å². The molecule has 222 valence electrons. The summed E-state index contributed by atoms with van der Waals surface area (Å²) in [5, 5.41) is 9.40. The Hall–Kier alpha value is -2.64. The van der Waals surface area contributed by atoms with E-state index in [1.165, 1.54) is 6.08 Å². The molecule has 0 saturated heterocycles. The number of hydrogen-bond acceptors (Lipinski definition) is 5. The highest BCUT2D eigenvalue weighted by molar-refractivity contribution is 7.99. The summed E-state index contributed by atoms with van der Waals surface area (Å²) in [6.07, 6.45) is 10.1. The molecule has 41 heavy (non-hydrogen) atoms. The molecule has 4 atom stereocenters. The number of fused-ring (bicyclic) bond motifs is 4. The van der Waals surface area contributed by atoms with E-state index >= 15 is 4.39 Å². The zero-order valence-electron chi connectivity index (χ0n) is 25.4. The number of nitrogens with one attached hydrogen (secondary N) is 2. The number of carbonyl (C=O) groups is 2. The minimum Gasteiger partial charge on any atom is -0.375 e. The molecule has 2 aliphatic carbocycles. The van der Waals surface area contributed by atoms with Gasteiger partial charge in [0.05, 0.1) is 11.3 Å². The maximum atomic E-state index is 16.3. The highest BCUT2D eigenvalue weighted by Gasteiger charge is 2.41. The topological polar surface area (TPSA) is 61.4 Å². The Labute approximate surface area is 249 Å². The van der Waals surface area contributed by atoms with Crippen LogP contribution in [0.4, 0.5) is 4.39 Å². The van der Waals surface area contributed by atoms with E-state index in [2.05, 4.69) is 62.6 Å². The van der Waals surface area contributed by atoms with Crippen molar-refractivity contribution in [1.82, 2.24) is 15.5 Å². The van der Waals surface area contributed by atoms with Gasteiger partial charge in [-0.1, -0.05) is 77.1 Å². The lowest BCUT2D eigenvalue weighted by atomic mass is 9.68. The van der Waals surface area contributed by atoms with Gasteiger partial charge in [0.25, 0.3) is 5.91 Å². The smallest absolute Gasteiger partial charge is 0.254 e. The molecule has 1 aromatic rings. The molecule has 0 radical (unpaired) electrons. The third kappa shape index (κ3) is 7.23. The van der Waals surface area contributed by atoms with Crippen LogP contribution in [0.5, 0.6) is 0 Å². The average molecular weight is 580 g/mol. The lowest BCUT2D eigenvalue weighted by molar-refractivity contribution is -0.121. The number of halogens is 1. The van der Waals surface area contributed by atoms with Crippen LogP contribution < -0.4 is 21.1 Å². The minimum absolute atomic E-state index is 0.0592. The Bertz CT molecular complexity index is 1360. The van der Waals surface area contributed by atoms with Gasteiger partial charge < -0.3 is 15.5 Å². The van der Waals surface area contributed by atoms with Crippen molar-refractivity contribution in [2.45, 2.75) is 65.2 Å². The zero-order chi connectivity index (χ0) is 29.7. The summed E-state index contributed by atoms with van der Waals surface area (Å²) in [5.41, 5.74) is 0.658. The number of hydrogen-bond donors (Lipinski definition) is 2. The monoisotopic (exact) mass is 579 g/mol. The summed E-state index contributed by atoms with van der Waals surface area (Å²) in [6, 6.07) is 8.25. The SMILES string of the molecule is CCCN(C)/C1=C(F)/C=C2\CNC3C=c4ccccc4=CC3(C)CC1C(C)/C=C(/C(=O)NCCCSC(C)C)C2=O. The van der Waals surface area contributed by atoms with Crippen molar-refractivity contribution in [1.29, 1.82) is 0 Å². The highest BCUT2D eigenvalue weighted by atomic mass is 32.2. The Morgan fingerprint density at radius 1 is 1.24 bits per heavy atom. The minimum atomic E-state index is -0.407. The maximum Gasteiger partial charge on any atom is 0.254 e. The molecule has 2 N–H and O–H groups in total. The van der Waals surface area contributed by atoms with E-state index in [-0.39, 0.29) is 52.7 Å². The fraction of sp³-hybridized carbons (Fsp3) is 0.529. The molecular weight excluding hydrogens is 533 g/mol. The van der Waals surface area contributed by atoms with Crippen LogP contribution in [0.25, 0.3) is 12.2 Å². The van der Waals surface area contributed by atoms with E-state index in [1.807, 2.05) is 48.8 Å². The van der Waals surface area contributed by atoms with Crippen molar-refractivity contribution < 1.29 is 14.0 Å². The Balaban J connectivity index is 1.79. The van der Waals surface area contributed by atoms with Gasteiger partial charge in [-0.05, 0) is 52.7 Å². The van der Waals surface area contributed by atoms with Crippen LogP contribution in [0.3, 0.4) is 0 Å². The van der Waals surface area contributed by atoms with Crippen molar-refractivity contribution in [3.63, 3.8) is 0 Å². The van der Waals surface area contributed by atoms with Crippen molar-refractivity contribution in [3.8, 4) is 0 Å².